The van der Waals surface area contributed by atoms with Gasteiger partial charge >= 0.3 is 0 Å². The number of halogens is 2. The number of hydrogen-bond acceptors (Lipinski definition) is 2. The molecule has 4 heteroatoms. The minimum absolute atomic E-state index is 0.755. The topological polar surface area (TPSA) is 12.0 Å². The number of hydrogen-bond donors (Lipinski definition) is 1. The molecule has 1 N–H and O–H groups in total. The zero-order valence-electron chi connectivity index (χ0n) is 7.84. The Kier molecular flexibility index (Phi) is 3.67. The second-order valence-electron chi connectivity index (χ2n) is 3.06. The Balaban J connectivity index is 2.02. The lowest BCUT2D eigenvalue weighted by Gasteiger charge is -2.05. The van der Waals surface area contributed by atoms with Crippen molar-refractivity contribution >= 4 is 44.6 Å². The molecule has 0 aliphatic heterocycles. The number of nitrogens with one attached hydrogen (secondary N) is 1. The van der Waals surface area contributed by atoms with E-state index in [0.29, 0.717) is 0 Å². The molecule has 78 valence electrons. The first kappa shape index (κ1) is 11.0. The maximum Gasteiger partial charge on any atom is 0.0505 e. The van der Waals surface area contributed by atoms with Gasteiger partial charge in [0.1, 0.15) is 0 Å². The van der Waals surface area contributed by atoms with Crippen molar-refractivity contribution in [1.29, 1.82) is 0 Å². The molecule has 1 aromatic carbocycles. The average molecular weight is 303 g/mol. The van der Waals surface area contributed by atoms with Gasteiger partial charge in [-0.3, -0.25) is 0 Å². The van der Waals surface area contributed by atoms with E-state index in [1.165, 1.54) is 4.88 Å². The lowest BCUT2D eigenvalue weighted by molar-refractivity contribution is 1.18. The molecule has 0 bridgehead atoms. The Bertz CT molecular complexity index is 455. The third-order valence-corrected chi connectivity index (χ3v) is 4.13. The summed E-state index contributed by atoms with van der Waals surface area (Å²) in [6.07, 6.45) is 0. The molecule has 0 aliphatic rings. The largest absolute Gasteiger partial charge is 0.380 e. The fourth-order valence-electron chi connectivity index (χ4n) is 1.23. The van der Waals surface area contributed by atoms with Gasteiger partial charge in [0.15, 0.2) is 0 Å². The lowest BCUT2D eigenvalue weighted by Crippen LogP contribution is -1.97. The zero-order valence-corrected chi connectivity index (χ0v) is 11.0. The molecule has 0 radical (unpaired) electrons. The van der Waals surface area contributed by atoms with E-state index in [0.717, 1.165) is 21.7 Å². The van der Waals surface area contributed by atoms with E-state index in [2.05, 4.69) is 32.7 Å². The minimum atomic E-state index is 0.755. The maximum atomic E-state index is 5.89. The highest BCUT2D eigenvalue weighted by Gasteiger charge is 2.00. The van der Waals surface area contributed by atoms with E-state index in [-0.39, 0.29) is 0 Å². The van der Waals surface area contributed by atoms with Crippen LogP contribution in [0.4, 0.5) is 5.69 Å². The molecule has 2 rings (SSSR count). The smallest absolute Gasteiger partial charge is 0.0505 e. The molecular formula is C11H9BrClNS. The Morgan fingerprint density at radius 1 is 1.33 bits per heavy atom. The molecule has 0 spiro atoms. The van der Waals surface area contributed by atoms with Crippen molar-refractivity contribution in [2.75, 3.05) is 5.32 Å². The Labute approximate surface area is 106 Å². The summed E-state index contributed by atoms with van der Waals surface area (Å²) in [5.74, 6) is 0. The van der Waals surface area contributed by atoms with Crippen molar-refractivity contribution in [2.45, 2.75) is 6.54 Å². The van der Waals surface area contributed by atoms with Gasteiger partial charge in [-0.05, 0) is 45.6 Å². The Morgan fingerprint density at radius 3 is 2.87 bits per heavy atom. The standard InChI is InChI=1S/C11H9BrClNS/c12-10-4-5-15-11(10)7-14-9-3-1-2-8(13)6-9/h1-6,14H,7H2. The highest BCUT2D eigenvalue weighted by Crippen LogP contribution is 2.24. The number of benzene rings is 1. The number of thiophene rings is 1. The van der Waals surface area contributed by atoms with Crippen molar-refractivity contribution in [3.63, 3.8) is 0 Å². The van der Waals surface area contributed by atoms with E-state index >= 15 is 0 Å². The van der Waals surface area contributed by atoms with Crippen molar-refractivity contribution < 1.29 is 0 Å². The quantitative estimate of drug-likeness (QED) is 0.860. The first-order valence-corrected chi connectivity index (χ1v) is 6.52. The van der Waals surface area contributed by atoms with Crippen LogP contribution in [0.3, 0.4) is 0 Å². The van der Waals surface area contributed by atoms with Crippen LogP contribution < -0.4 is 5.32 Å². The molecule has 0 atom stereocenters. The van der Waals surface area contributed by atoms with Crippen molar-refractivity contribution in [3.05, 3.63) is 50.1 Å². The second kappa shape index (κ2) is 5.01. The molecule has 1 heterocycles. The summed E-state index contributed by atoms with van der Waals surface area (Å²) >= 11 is 11.1. The molecule has 1 nitrogen and oxygen atoms in total. The highest BCUT2D eigenvalue weighted by molar-refractivity contribution is 9.10. The number of anilines is 1. The van der Waals surface area contributed by atoms with Gasteiger partial charge < -0.3 is 5.32 Å². The first-order chi connectivity index (χ1) is 7.25. The van der Waals surface area contributed by atoms with Gasteiger partial charge in [-0.1, -0.05) is 17.7 Å². The predicted molar refractivity (Wildman–Crippen MR) is 70.8 cm³/mol. The van der Waals surface area contributed by atoms with Crippen LogP contribution in [0.5, 0.6) is 0 Å². The average Bonchev–Trinajstić information content (AvgIpc) is 2.61. The van der Waals surface area contributed by atoms with Crippen LogP contribution in [0.1, 0.15) is 4.88 Å². The summed E-state index contributed by atoms with van der Waals surface area (Å²) in [6.45, 7) is 0.818. The van der Waals surface area contributed by atoms with Crippen molar-refractivity contribution in [2.24, 2.45) is 0 Å². The summed E-state index contributed by atoms with van der Waals surface area (Å²) < 4.78 is 1.15. The normalized spacial score (nSPS) is 10.3. The highest BCUT2D eigenvalue weighted by atomic mass is 79.9. The molecule has 0 saturated heterocycles. The van der Waals surface area contributed by atoms with Gasteiger partial charge in [0.2, 0.25) is 0 Å². The summed E-state index contributed by atoms with van der Waals surface area (Å²) in [7, 11) is 0. The second-order valence-corrected chi connectivity index (χ2v) is 5.35. The molecular weight excluding hydrogens is 294 g/mol. The van der Waals surface area contributed by atoms with Gasteiger partial charge in [0, 0.05) is 20.1 Å². The van der Waals surface area contributed by atoms with E-state index in [1.807, 2.05) is 24.3 Å². The van der Waals surface area contributed by atoms with Crippen molar-refractivity contribution in [1.82, 2.24) is 0 Å². The Morgan fingerprint density at radius 2 is 2.20 bits per heavy atom. The molecule has 0 aliphatic carbocycles. The first-order valence-electron chi connectivity index (χ1n) is 4.47. The van der Waals surface area contributed by atoms with E-state index < -0.39 is 0 Å². The summed E-state index contributed by atoms with van der Waals surface area (Å²) in [5.41, 5.74) is 1.04. The predicted octanol–water partition coefficient (Wildman–Crippen LogP) is 4.78. The van der Waals surface area contributed by atoms with Crippen LogP contribution in [0, 0.1) is 0 Å². The van der Waals surface area contributed by atoms with Gasteiger partial charge in [-0.2, -0.15) is 0 Å². The molecule has 0 unspecified atom stereocenters. The third kappa shape index (κ3) is 2.97. The summed E-state index contributed by atoms with van der Waals surface area (Å²) in [4.78, 5) is 1.29. The maximum absolute atomic E-state index is 5.89. The summed E-state index contributed by atoms with van der Waals surface area (Å²) in [6, 6.07) is 9.79. The van der Waals surface area contributed by atoms with Crippen LogP contribution in [0.15, 0.2) is 40.2 Å². The van der Waals surface area contributed by atoms with Crippen LogP contribution >= 0.6 is 38.9 Å². The minimum Gasteiger partial charge on any atom is -0.380 e. The lowest BCUT2D eigenvalue weighted by atomic mass is 10.3. The molecule has 0 amide bonds. The summed E-state index contributed by atoms with van der Waals surface area (Å²) in [5, 5.41) is 6.15. The Hall–Kier alpha value is -0.510. The van der Waals surface area contributed by atoms with Gasteiger partial charge in [-0.25, -0.2) is 0 Å². The van der Waals surface area contributed by atoms with Crippen LogP contribution in [-0.4, -0.2) is 0 Å². The SMILES string of the molecule is Clc1cccc(NCc2sccc2Br)c1. The zero-order chi connectivity index (χ0) is 10.7. The van der Waals surface area contributed by atoms with Crippen LogP contribution in [-0.2, 0) is 6.54 Å². The molecule has 15 heavy (non-hydrogen) atoms. The van der Waals surface area contributed by atoms with Gasteiger partial charge in [0.25, 0.3) is 0 Å². The molecule has 0 saturated carbocycles. The van der Waals surface area contributed by atoms with E-state index in [1.54, 1.807) is 11.3 Å². The monoisotopic (exact) mass is 301 g/mol. The third-order valence-electron chi connectivity index (χ3n) is 1.97. The van der Waals surface area contributed by atoms with Gasteiger partial charge in [-0.15, -0.1) is 11.3 Å². The molecule has 1 aromatic heterocycles. The fraction of sp³-hybridized carbons (Fsp3) is 0.0909. The van der Waals surface area contributed by atoms with Crippen molar-refractivity contribution in [3.8, 4) is 0 Å². The molecule has 0 fully saturated rings. The fourth-order valence-corrected chi connectivity index (χ4v) is 2.85. The van der Waals surface area contributed by atoms with Crippen LogP contribution in [0.2, 0.25) is 5.02 Å². The van der Waals surface area contributed by atoms with E-state index in [9.17, 15) is 0 Å². The van der Waals surface area contributed by atoms with E-state index in [4.69, 9.17) is 11.6 Å². The number of rotatable bonds is 3. The molecule has 2 aromatic rings. The van der Waals surface area contributed by atoms with Gasteiger partial charge in [0.05, 0.1) is 6.54 Å². The van der Waals surface area contributed by atoms with Crippen LogP contribution in [0.25, 0.3) is 0 Å².